The summed E-state index contributed by atoms with van der Waals surface area (Å²) in [4.78, 5) is 29.2. The molecule has 3 aliphatic rings. The summed E-state index contributed by atoms with van der Waals surface area (Å²) in [5, 5.41) is 12.3. The van der Waals surface area contributed by atoms with Crippen molar-refractivity contribution in [2.24, 2.45) is 5.41 Å². The van der Waals surface area contributed by atoms with Gasteiger partial charge in [0.25, 0.3) is 0 Å². The number of hydrogen-bond acceptors (Lipinski definition) is 5. The molecule has 2 N–H and O–H groups in total. The maximum Gasteiger partial charge on any atom is 0.411 e. The molecule has 0 radical (unpaired) electrons. The second-order valence-corrected chi connectivity index (χ2v) is 9.44. The lowest BCUT2D eigenvalue weighted by molar-refractivity contribution is -0.139. The van der Waals surface area contributed by atoms with Crippen LogP contribution in [-0.2, 0) is 9.53 Å². The monoisotopic (exact) mass is 447 g/mol. The summed E-state index contributed by atoms with van der Waals surface area (Å²) in [5.74, 6) is -0.222. The van der Waals surface area contributed by atoms with Crippen molar-refractivity contribution in [3.05, 3.63) is 24.0 Å². The second kappa shape index (κ2) is 9.65. The number of ether oxygens (including phenoxy) is 1. The number of piperidine rings is 1. The Morgan fingerprint density at radius 2 is 2.03 bits per heavy atom. The molecule has 176 valence electrons. The van der Waals surface area contributed by atoms with Crippen LogP contribution in [0.25, 0.3) is 0 Å². The molecule has 3 fully saturated rings. The summed E-state index contributed by atoms with van der Waals surface area (Å²) >= 11 is 0. The molecular weight excluding hydrogens is 413 g/mol. The van der Waals surface area contributed by atoms with E-state index < -0.39 is 17.3 Å². The van der Waals surface area contributed by atoms with Gasteiger partial charge >= 0.3 is 6.09 Å². The predicted octanol–water partition coefficient (Wildman–Crippen LogP) is 3.91. The van der Waals surface area contributed by atoms with E-state index in [-0.39, 0.29) is 18.1 Å². The van der Waals surface area contributed by atoms with Crippen molar-refractivity contribution in [2.45, 2.75) is 70.4 Å². The van der Waals surface area contributed by atoms with Crippen LogP contribution in [0.1, 0.15) is 58.3 Å². The van der Waals surface area contributed by atoms with E-state index in [0.29, 0.717) is 31.1 Å². The maximum absolute atomic E-state index is 15.0. The van der Waals surface area contributed by atoms with Crippen LogP contribution in [0.2, 0.25) is 0 Å². The van der Waals surface area contributed by atoms with Crippen LogP contribution in [0.15, 0.2) is 18.2 Å². The van der Waals surface area contributed by atoms with Gasteiger partial charge in [-0.05, 0) is 69.6 Å². The fourth-order valence-electron chi connectivity index (χ4n) is 5.47. The third-order valence-corrected chi connectivity index (χ3v) is 7.20. The van der Waals surface area contributed by atoms with Gasteiger partial charge in [0.15, 0.2) is 0 Å². The Morgan fingerprint density at radius 1 is 1.25 bits per heavy atom. The fraction of sp³-hybridized carbons (Fsp3) is 0.667. The highest BCUT2D eigenvalue weighted by molar-refractivity contribution is 5.87. The van der Waals surface area contributed by atoms with Crippen molar-refractivity contribution in [2.75, 3.05) is 36.5 Å². The number of nitrogens with zero attached hydrogens (tertiary/aromatic N) is 2. The quantitative estimate of drug-likeness (QED) is 0.715. The van der Waals surface area contributed by atoms with E-state index in [0.717, 1.165) is 57.9 Å². The number of anilines is 2. The van der Waals surface area contributed by atoms with Gasteiger partial charge in [0.05, 0.1) is 23.8 Å². The molecule has 1 spiro atoms. The van der Waals surface area contributed by atoms with E-state index >= 15 is 0 Å². The van der Waals surface area contributed by atoms with Gasteiger partial charge in [0, 0.05) is 31.4 Å². The standard InChI is InChI=1S/C24H34FN3O4/c1-2-14-32-23(31)26-17-4-9-21(20(25)15-17)27-12-3-10-24(16-27)11-13-28(22(24)30)18-5-7-19(29)8-6-18/h4,9,15,18-19,29H,2-3,5-8,10-14,16H2,1H3,(H,26,31)/t18?,19?,24-/m1/s1. The van der Waals surface area contributed by atoms with Crippen LogP contribution in [0.3, 0.4) is 0 Å². The number of likely N-dealkylation sites (tertiary alicyclic amines) is 1. The number of carbonyl (C=O) groups excluding carboxylic acids is 2. The molecule has 1 atom stereocenters. The summed E-state index contributed by atoms with van der Waals surface area (Å²) < 4.78 is 19.9. The average molecular weight is 448 g/mol. The number of rotatable bonds is 5. The molecule has 2 saturated heterocycles. The summed E-state index contributed by atoms with van der Waals surface area (Å²) in [6, 6.07) is 4.86. The Morgan fingerprint density at radius 3 is 2.75 bits per heavy atom. The molecule has 7 nitrogen and oxygen atoms in total. The molecule has 1 aliphatic carbocycles. The highest BCUT2D eigenvalue weighted by Gasteiger charge is 2.50. The first-order chi connectivity index (χ1) is 15.4. The van der Waals surface area contributed by atoms with Crippen molar-refractivity contribution in [1.82, 2.24) is 4.90 Å². The Balaban J connectivity index is 1.42. The van der Waals surface area contributed by atoms with Gasteiger partial charge in [-0.3, -0.25) is 10.1 Å². The molecule has 8 heteroatoms. The van der Waals surface area contributed by atoms with E-state index in [9.17, 15) is 19.1 Å². The van der Waals surface area contributed by atoms with Crippen molar-refractivity contribution in [1.29, 1.82) is 0 Å². The minimum absolute atomic E-state index is 0.195. The Hall–Kier alpha value is -2.35. The van der Waals surface area contributed by atoms with Crippen molar-refractivity contribution >= 4 is 23.4 Å². The average Bonchev–Trinajstić information content (AvgIpc) is 3.08. The van der Waals surface area contributed by atoms with E-state index in [1.807, 2.05) is 16.7 Å². The van der Waals surface area contributed by atoms with E-state index in [2.05, 4.69) is 5.32 Å². The summed E-state index contributed by atoms with van der Waals surface area (Å²) in [5.41, 5.74) is 0.354. The van der Waals surface area contributed by atoms with Gasteiger partial charge in [-0.1, -0.05) is 6.92 Å². The number of benzene rings is 1. The number of aliphatic hydroxyl groups is 1. The predicted molar refractivity (Wildman–Crippen MR) is 120 cm³/mol. The van der Waals surface area contributed by atoms with Gasteiger partial charge in [-0.25, -0.2) is 9.18 Å². The molecule has 0 bridgehead atoms. The lowest BCUT2D eigenvalue weighted by Gasteiger charge is -2.41. The smallest absolute Gasteiger partial charge is 0.411 e. The topological polar surface area (TPSA) is 82.1 Å². The molecular formula is C24H34FN3O4. The number of aliphatic hydroxyl groups excluding tert-OH is 1. The van der Waals surface area contributed by atoms with Crippen LogP contribution in [0.4, 0.5) is 20.6 Å². The van der Waals surface area contributed by atoms with Crippen LogP contribution < -0.4 is 10.2 Å². The molecule has 1 aromatic rings. The molecule has 2 aliphatic heterocycles. The molecule has 2 heterocycles. The zero-order chi connectivity index (χ0) is 22.7. The van der Waals surface area contributed by atoms with E-state index in [4.69, 9.17) is 4.74 Å². The summed E-state index contributed by atoms with van der Waals surface area (Å²) in [7, 11) is 0. The normalized spacial score (nSPS) is 28.3. The molecule has 1 aromatic carbocycles. The molecule has 32 heavy (non-hydrogen) atoms. The van der Waals surface area contributed by atoms with Gasteiger partial charge in [-0.2, -0.15) is 0 Å². The van der Waals surface area contributed by atoms with Gasteiger partial charge in [-0.15, -0.1) is 0 Å². The van der Waals surface area contributed by atoms with Crippen LogP contribution in [-0.4, -0.2) is 60.4 Å². The molecule has 4 rings (SSSR count). The zero-order valence-electron chi connectivity index (χ0n) is 18.8. The van der Waals surface area contributed by atoms with Crippen molar-refractivity contribution in [3.8, 4) is 0 Å². The second-order valence-electron chi connectivity index (χ2n) is 9.44. The van der Waals surface area contributed by atoms with Crippen LogP contribution in [0, 0.1) is 11.2 Å². The fourth-order valence-corrected chi connectivity index (χ4v) is 5.47. The van der Waals surface area contributed by atoms with E-state index in [1.54, 1.807) is 12.1 Å². The first kappa shape index (κ1) is 22.8. The third kappa shape index (κ3) is 4.70. The Labute approximate surface area is 188 Å². The molecule has 2 amide bonds. The highest BCUT2D eigenvalue weighted by atomic mass is 19.1. The molecule has 0 unspecified atom stereocenters. The Kier molecular flexibility index (Phi) is 6.88. The number of amides is 2. The third-order valence-electron chi connectivity index (χ3n) is 7.20. The van der Waals surface area contributed by atoms with Gasteiger partial charge < -0.3 is 19.6 Å². The number of nitrogens with one attached hydrogen (secondary N) is 1. The highest BCUT2D eigenvalue weighted by Crippen LogP contribution is 2.43. The first-order valence-electron chi connectivity index (χ1n) is 11.9. The summed E-state index contributed by atoms with van der Waals surface area (Å²) in [6.07, 6.45) is 5.58. The largest absolute Gasteiger partial charge is 0.449 e. The zero-order valence-corrected chi connectivity index (χ0v) is 18.8. The number of hydrogen-bond donors (Lipinski definition) is 2. The van der Waals surface area contributed by atoms with Gasteiger partial charge in [0.1, 0.15) is 5.82 Å². The van der Waals surface area contributed by atoms with Crippen molar-refractivity contribution < 1.29 is 23.8 Å². The van der Waals surface area contributed by atoms with E-state index in [1.165, 1.54) is 6.07 Å². The van der Waals surface area contributed by atoms with Crippen LogP contribution >= 0.6 is 0 Å². The minimum atomic E-state index is -0.595. The number of carbonyl (C=O) groups is 2. The Bertz CT molecular complexity index is 843. The lowest BCUT2D eigenvalue weighted by Crippen LogP contribution is -2.50. The first-order valence-corrected chi connectivity index (χ1v) is 11.9. The number of halogens is 1. The minimum Gasteiger partial charge on any atom is -0.449 e. The molecule has 0 aromatic heterocycles. The SMILES string of the molecule is CCCOC(=O)Nc1ccc(N2CCC[C@@]3(CCN(C4CCC(O)CC4)C3=O)C2)c(F)c1. The van der Waals surface area contributed by atoms with Crippen molar-refractivity contribution in [3.63, 3.8) is 0 Å². The maximum atomic E-state index is 15.0. The van der Waals surface area contributed by atoms with Gasteiger partial charge in [0.2, 0.25) is 5.91 Å². The molecule has 1 saturated carbocycles. The van der Waals surface area contributed by atoms with Crippen LogP contribution in [0.5, 0.6) is 0 Å². The summed E-state index contributed by atoms with van der Waals surface area (Å²) in [6.45, 7) is 4.18. The lowest BCUT2D eigenvalue weighted by atomic mass is 9.78.